The predicted octanol–water partition coefficient (Wildman–Crippen LogP) is 5.56. The van der Waals surface area contributed by atoms with Crippen molar-refractivity contribution < 1.29 is 0 Å². The third-order valence-corrected chi connectivity index (χ3v) is 5.20. The lowest BCUT2D eigenvalue weighted by Gasteiger charge is -2.27. The number of halogens is 1. The van der Waals surface area contributed by atoms with Crippen LogP contribution in [0.1, 0.15) is 64.2 Å². The van der Waals surface area contributed by atoms with Crippen molar-refractivity contribution in [2.45, 2.75) is 65.3 Å². The molecule has 0 saturated carbocycles. The van der Waals surface area contributed by atoms with Crippen molar-refractivity contribution in [3.8, 4) is 0 Å². The number of benzene rings is 1. The lowest BCUT2D eigenvalue weighted by atomic mass is 9.78. The Labute approximate surface area is 138 Å². The fourth-order valence-electron chi connectivity index (χ4n) is 2.88. The lowest BCUT2D eigenvalue weighted by molar-refractivity contribution is 0.452. The highest BCUT2D eigenvalue weighted by atomic mass is 79.9. The molecule has 116 valence electrons. The van der Waals surface area contributed by atoms with Crippen molar-refractivity contribution in [2.24, 2.45) is 0 Å². The Hall–Kier alpha value is -0.600. The minimum absolute atomic E-state index is 0.132. The van der Waals surface area contributed by atoms with Gasteiger partial charge in [0.15, 0.2) is 0 Å². The summed E-state index contributed by atoms with van der Waals surface area (Å²) in [6.07, 6.45) is 2.30. The van der Waals surface area contributed by atoms with Gasteiger partial charge < -0.3 is 5.32 Å². The molecule has 0 aliphatic heterocycles. The fraction of sp³-hybridized carbons (Fsp3) is 0.579. The van der Waals surface area contributed by atoms with Gasteiger partial charge in [-0.2, -0.15) is 0 Å². The standard InChI is InChI=1S/C19H28BrN/c1-13-7-8-14-15(12-21-18(2,3)4)17(20)9-10-19(5,6)16(14)11-13/h7-8,11,21H,9-10,12H2,1-6H3. The number of aryl methyl sites for hydroxylation is 1. The van der Waals surface area contributed by atoms with Crippen LogP contribution in [0.4, 0.5) is 0 Å². The number of rotatable bonds is 2. The zero-order valence-corrected chi connectivity index (χ0v) is 15.8. The van der Waals surface area contributed by atoms with Gasteiger partial charge in [0, 0.05) is 16.6 Å². The van der Waals surface area contributed by atoms with Gasteiger partial charge >= 0.3 is 0 Å². The summed E-state index contributed by atoms with van der Waals surface area (Å²) < 4.78 is 1.36. The summed E-state index contributed by atoms with van der Waals surface area (Å²) in [5.74, 6) is 0. The molecule has 1 aliphatic carbocycles. The van der Waals surface area contributed by atoms with E-state index in [0.29, 0.717) is 0 Å². The van der Waals surface area contributed by atoms with Crippen LogP contribution < -0.4 is 5.32 Å². The largest absolute Gasteiger partial charge is 0.308 e. The first-order valence-corrected chi connectivity index (χ1v) is 8.63. The average molecular weight is 350 g/mol. The lowest BCUT2D eigenvalue weighted by Crippen LogP contribution is -2.37. The molecule has 1 aromatic rings. The molecule has 0 spiro atoms. The van der Waals surface area contributed by atoms with E-state index in [2.05, 4.69) is 81.0 Å². The maximum Gasteiger partial charge on any atom is 0.0224 e. The molecule has 1 nitrogen and oxygen atoms in total. The van der Waals surface area contributed by atoms with Crippen molar-refractivity contribution >= 4 is 21.5 Å². The van der Waals surface area contributed by atoms with Crippen LogP contribution in [0.15, 0.2) is 22.7 Å². The third kappa shape index (κ3) is 3.98. The molecule has 0 atom stereocenters. The van der Waals surface area contributed by atoms with Crippen molar-refractivity contribution in [3.05, 3.63) is 39.4 Å². The maximum atomic E-state index is 3.85. The van der Waals surface area contributed by atoms with Gasteiger partial charge in [0.05, 0.1) is 0 Å². The van der Waals surface area contributed by atoms with E-state index in [1.807, 2.05) is 0 Å². The first-order valence-electron chi connectivity index (χ1n) is 7.84. The summed E-state index contributed by atoms with van der Waals surface area (Å²) in [6.45, 7) is 14.5. The number of hydrogen-bond donors (Lipinski definition) is 1. The van der Waals surface area contributed by atoms with Crippen molar-refractivity contribution in [2.75, 3.05) is 6.54 Å². The van der Waals surface area contributed by atoms with Crippen LogP contribution in [0.2, 0.25) is 0 Å². The first-order chi connectivity index (χ1) is 9.60. The molecular formula is C19H28BrN. The van der Waals surface area contributed by atoms with Crippen LogP contribution in [0, 0.1) is 6.92 Å². The van der Waals surface area contributed by atoms with Crippen LogP contribution in [0.25, 0.3) is 5.57 Å². The van der Waals surface area contributed by atoms with E-state index < -0.39 is 0 Å². The molecule has 0 amide bonds. The second-order valence-corrected chi connectivity index (χ2v) is 8.88. The Bertz CT molecular complexity index is 561. The van der Waals surface area contributed by atoms with Crippen LogP contribution in [0.5, 0.6) is 0 Å². The predicted molar refractivity (Wildman–Crippen MR) is 97.0 cm³/mol. The molecule has 1 aliphatic rings. The molecule has 0 aromatic heterocycles. The topological polar surface area (TPSA) is 12.0 Å². The number of allylic oxidation sites excluding steroid dienone is 1. The van der Waals surface area contributed by atoms with E-state index in [4.69, 9.17) is 0 Å². The molecule has 0 bridgehead atoms. The van der Waals surface area contributed by atoms with Gasteiger partial charge in [-0.05, 0) is 62.7 Å². The highest BCUT2D eigenvalue weighted by molar-refractivity contribution is 9.11. The van der Waals surface area contributed by atoms with Crippen LogP contribution in [0.3, 0.4) is 0 Å². The van der Waals surface area contributed by atoms with Gasteiger partial charge in [0.25, 0.3) is 0 Å². The summed E-state index contributed by atoms with van der Waals surface area (Å²) in [6, 6.07) is 6.91. The monoisotopic (exact) mass is 349 g/mol. The Morgan fingerprint density at radius 3 is 2.52 bits per heavy atom. The maximum absolute atomic E-state index is 3.85. The van der Waals surface area contributed by atoms with E-state index in [1.54, 1.807) is 0 Å². The van der Waals surface area contributed by atoms with Gasteiger partial charge in [-0.3, -0.25) is 0 Å². The molecule has 1 N–H and O–H groups in total. The minimum atomic E-state index is 0.132. The van der Waals surface area contributed by atoms with E-state index in [1.165, 1.54) is 33.2 Å². The normalized spacial score (nSPS) is 18.4. The molecule has 0 radical (unpaired) electrons. The summed E-state index contributed by atoms with van der Waals surface area (Å²) in [4.78, 5) is 0. The SMILES string of the molecule is Cc1ccc2c(c1)C(C)(C)CCC(Br)=C2CNC(C)(C)C. The van der Waals surface area contributed by atoms with E-state index in [-0.39, 0.29) is 11.0 Å². The van der Waals surface area contributed by atoms with Gasteiger partial charge in [0.2, 0.25) is 0 Å². The van der Waals surface area contributed by atoms with Crippen LogP contribution >= 0.6 is 15.9 Å². The Morgan fingerprint density at radius 2 is 1.90 bits per heavy atom. The van der Waals surface area contributed by atoms with Gasteiger partial charge in [0.1, 0.15) is 0 Å². The summed E-state index contributed by atoms with van der Waals surface area (Å²) in [7, 11) is 0. The van der Waals surface area contributed by atoms with Gasteiger partial charge in [-0.1, -0.05) is 53.5 Å². The third-order valence-electron chi connectivity index (χ3n) is 4.32. The van der Waals surface area contributed by atoms with Crippen molar-refractivity contribution in [1.82, 2.24) is 5.32 Å². The Morgan fingerprint density at radius 1 is 1.24 bits per heavy atom. The van der Waals surface area contributed by atoms with Gasteiger partial charge in [-0.15, -0.1) is 0 Å². The number of hydrogen-bond acceptors (Lipinski definition) is 1. The molecule has 0 saturated heterocycles. The highest BCUT2D eigenvalue weighted by Gasteiger charge is 2.29. The van der Waals surface area contributed by atoms with E-state index >= 15 is 0 Å². The number of nitrogens with one attached hydrogen (secondary N) is 1. The Balaban J connectivity index is 2.48. The van der Waals surface area contributed by atoms with Crippen molar-refractivity contribution in [1.29, 1.82) is 0 Å². The molecule has 21 heavy (non-hydrogen) atoms. The molecule has 0 heterocycles. The number of fused-ring (bicyclic) bond motifs is 1. The minimum Gasteiger partial charge on any atom is -0.308 e. The fourth-order valence-corrected chi connectivity index (χ4v) is 3.43. The van der Waals surface area contributed by atoms with E-state index in [9.17, 15) is 0 Å². The molecule has 2 rings (SSSR count). The highest BCUT2D eigenvalue weighted by Crippen LogP contribution is 2.42. The molecule has 2 heteroatoms. The molecule has 0 unspecified atom stereocenters. The second-order valence-electron chi connectivity index (χ2n) is 7.92. The van der Waals surface area contributed by atoms with Gasteiger partial charge in [-0.25, -0.2) is 0 Å². The second kappa shape index (κ2) is 5.89. The summed E-state index contributed by atoms with van der Waals surface area (Å²) >= 11 is 3.85. The molecule has 0 fully saturated rings. The molecular weight excluding hydrogens is 322 g/mol. The summed E-state index contributed by atoms with van der Waals surface area (Å²) in [5, 5.41) is 3.64. The van der Waals surface area contributed by atoms with Crippen LogP contribution in [-0.4, -0.2) is 12.1 Å². The first kappa shape index (κ1) is 16.8. The smallest absolute Gasteiger partial charge is 0.0224 e. The average Bonchev–Trinajstić information content (AvgIpc) is 2.44. The summed E-state index contributed by atoms with van der Waals surface area (Å²) in [5.41, 5.74) is 6.03. The van der Waals surface area contributed by atoms with Crippen molar-refractivity contribution in [3.63, 3.8) is 0 Å². The zero-order chi connectivity index (χ0) is 15.8. The quantitative estimate of drug-likeness (QED) is 0.736. The Kier molecular flexibility index (Phi) is 4.70. The van der Waals surface area contributed by atoms with E-state index in [0.717, 1.165) is 13.0 Å². The van der Waals surface area contributed by atoms with Crippen LogP contribution in [-0.2, 0) is 5.41 Å². The zero-order valence-electron chi connectivity index (χ0n) is 14.2. The molecule has 1 aromatic carbocycles.